The standard InChI is InChI=1S/C12H17F3N2S/c1-2-17(7-8-18-12(13,14)15)9-10-5-3-4-6-11(10)16/h3-6H,2,7-9,16H2,1H3. The lowest BCUT2D eigenvalue weighted by Crippen LogP contribution is -2.26. The summed E-state index contributed by atoms with van der Waals surface area (Å²) in [4.78, 5) is 1.95. The summed E-state index contributed by atoms with van der Waals surface area (Å²) in [7, 11) is 0. The summed E-state index contributed by atoms with van der Waals surface area (Å²) in [5, 5.41) is 0. The Kier molecular flexibility index (Phi) is 5.81. The second-order valence-electron chi connectivity index (χ2n) is 3.86. The van der Waals surface area contributed by atoms with Crippen molar-refractivity contribution < 1.29 is 13.2 Å². The Balaban J connectivity index is 2.45. The Morgan fingerprint density at radius 1 is 1.28 bits per heavy atom. The van der Waals surface area contributed by atoms with E-state index in [4.69, 9.17) is 5.73 Å². The molecule has 0 unspecified atom stereocenters. The maximum absolute atomic E-state index is 12.0. The number of nitrogens with zero attached hydrogens (tertiary/aromatic N) is 1. The number of rotatable bonds is 6. The van der Waals surface area contributed by atoms with Crippen LogP contribution in [0.1, 0.15) is 12.5 Å². The monoisotopic (exact) mass is 278 g/mol. The third-order valence-electron chi connectivity index (χ3n) is 2.57. The summed E-state index contributed by atoms with van der Waals surface area (Å²) in [6.07, 6.45) is 0. The Bertz CT molecular complexity index is 369. The first-order valence-electron chi connectivity index (χ1n) is 5.69. The minimum absolute atomic E-state index is 0.0191. The van der Waals surface area contributed by atoms with Gasteiger partial charge in [-0.1, -0.05) is 25.1 Å². The molecule has 1 rings (SSSR count). The number of alkyl halides is 3. The normalized spacial score (nSPS) is 12.1. The number of para-hydroxylation sites is 1. The highest BCUT2D eigenvalue weighted by Gasteiger charge is 2.27. The fourth-order valence-electron chi connectivity index (χ4n) is 1.56. The number of nitrogens with two attached hydrogens (primary N) is 1. The molecule has 2 N–H and O–H groups in total. The van der Waals surface area contributed by atoms with Gasteiger partial charge in [-0.3, -0.25) is 4.90 Å². The van der Waals surface area contributed by atoms with E-state index in [0.717, 1.165) is 5.56 Å². The quantitative estimate of drug-likeness (QED) is 0.809. The zero-order chi connectivity index (χ0) is 13.6. The van der Waals surface area contributed by atoms with Crippen LogP contribution in [0.4, 0.5) is 18.9 Å². The van der Waals surface area contributed by atoms with Crippen molar-refractivity contribution in [1.82, 2.24) is 4.90 Å². The van der Waals surface area contributed by atoms with Gasteiger partial charge in [0.1, 0.15) is 0 Å². The second kappa shape index (κ2) is 6.89. The molecule has 0 amide bonds. The zero-order valence-electron chi connectivity index (χ0n) is 10.2. The molecule has 1 aromatic carbocycles. The van der Waals surface area contributed by atoms with E-state index < -0.39 is 5.51 Å². The van der Waals surface area contributed by atoms with Gasteiger partial charge in [0.15, 0.2) is 0 Å². The van der Waals surface area contributed by atoms with Crippen LogP contribution in [0, 0.1) is 0 Å². The van der Waals surface area contributed by atoms with Gasteiger partial charge in [0.2, 0.25) is 0 Å². The highest BCUT2D eigenvalue weighted by atomic mass is 32.2. The van der Waals surface area contributed by atoms with Crippen LogP contribution >= 0.6 is 11.8 Å². The zero-order valence-corrected chi connectivity index (χ0v) is 11.0. The van der Waals surface area contributed by atoms with Crippen LogP contribution in [-0.2, 0) is 6.54 Å². The Hall–Kier alpha value is -0.880. The molecule has 0 fully saturated rings. The fraction of sp³-hybridized carbons (Fsp3) is 0.500. The predicted octanol–water partition coefficient (Wildman–Crippen LogP) is 3.34. The lowest BCUT2D eigenvalue weighted by atomic mass is 10.1. The van der Waals surface area contributed by atoms with Crippen LogP contribution in [0.2, 0.25) is 0 Å². The summed E-state index contributed by atoms with van der Waals surface area (Å²) in [6.45, 7) is 3.61. The maximum Gasteiger partial charge on any atom is 0.441 e. The number of thioether (sulfide) groups is 1. The van der Waals surface area contributed by atoms with Gasteiger partial charge in [-0.15, -0.1) is 0 Å². The summed E-state index contributed by atoms with van der Waals surface area (Å²) < 4.78 is 36.1. The van der Waals surface area contributed by atoms with Gasteiger partial charge in [-0.05, 0) is 29.9 Å². The van der Waals surface area contributed by atoms with E-state index in [-0.39, 0.29) is 17.5 Å². The van der Waals surface area contributed by atoms with Gasteiger partial charge in [0, 0.05) is 24.5 Å². The lowest BCUT2D eigenvalue weighted by Gasteiger charge is -2.21. The van der Waals surface area contributed by atoms with E-state index in [0.29, 0.717) is 25.3 Å². The van der Waals surface area contributed by atoms with E-state index in [9.17, 15) is 13.2 Å². The SMILES string of the molecule is CCN(CCSC(F)(F)F)Cc1ccccc1N. The molecule has 0 bridgehead atoms. The molecule has 6 heteroatoms. The molecule has 18 heavy (non-hydrogen) atoms. The molecule has 1 aromatic rings. The van der Waals surface area contributed by atoms with E-state index in [1.807, 2.05) is 30.0 Å². The number of hydrogen-bond acceptors (Lipinski definition) is 3. The molecule has 0 aliphatic heterocycles. The van der Waals surface area contributed by atoms with Crippen molar-refractivity contribution in [2.45, 2.75) is 19.0 Å². The van der Waals surface area contributed by atoms with Crippen molar-refractivity contribution in [1.29, 1.82) is 0 Å². The van der Waals surface area contributed by atoms with Gasteiger partial charge >= 0.3 is 5.51 Å². The van der Waals surface area contributed by atoms with E-state index in [2.05, 4.69) is 0 Å². The summed E-state index contributed by atoms with van der Waals surface area (Å²) in [6, 6.07) is 7.42. The largest absolute Gasteiger partial charge is 0.441 e. The highest BCUT2D eigenvalue weighted by Crippen LogP contribution is 2.29. The third kappa shape index (κ3) is 5.64. The first-order valence-corrected chi connectivity index (χ1v) is 6.67. The number of halogens is 3. The maximum atomic E-state index is 12.0. The lowest BCUT2D eigenvalue weighted by molar-refractivity contribution is -0.0328. The molecule has 0 saturated carbocycles. The Labute approximate surface area is 109 Å². The molecule has 0 heterocycles. The summed E-state index contributed by atoms with van der Waals surface area (Å²) in [5.41, 5.74) is 3.30. The Morgan fingerprint density at radius 2 is 1.94 bits per heavy atom. The predicted molar refractivity (Wildman–Crippen MR) is 70.3 cm³/mol. The van der Waals surface area contributed by atoms with E-state index in [1.165, 1.54) is 0 Å². The van der Waals surface area contributed by atoms with E-state index in [1.54, 1.807) is 6.07 Å². The molecule has 0 atom stereocenters. The second-order valence-corrected chi connectivity index (χ2v) is 5.02. The van der Waals surface area contributed by atoms with Crippen molar-refractivity contribution in [2.24, 2.45) is 0 Å². The van der Waals surface area contributed by atoms with Crippen LogP contribution in [0.25, 0.3) is 0 Å². The number of anilines is 1. The molecule has 0 aliphatic rings. The van der Waals surface area contributed by atoms with Crippen LogP contribution in [0.3, 0.4) is 0 Å². The van der Waals surface area contributed by atoms with Gasteiger partial charge in [0.25, 0.3) is 0 Å². The average Bonchev–Trinajstić information content (AvgIpc) is 2.29. The first-order chi connectivity index (χ1) is 8.42. The van der Waals surface area contributed by atoms with Crippen molar-refractivity contribution in [2.75, 3.05) is 24.6 Å². The van der Waals surface area contributed by atoms with Gasteiger partial charge in [-0.25, -0.2) is 0 Å². The molecule has 0 aromatic heterocycles. The Morgan fingerprint density at radius 3 is 2.50 bits per heavy atom. The summed E-state index contributed by atoms with van der Waals surface area (Å²) >= 11 is 0.0191. The molecule has 0 saturated heterocycles. The molecule has 2 nitrogen and oxygen atoms in total. The average molecular weight is 278 g/mol. The molecule has 0 aliphatic carbocycles. The summed E-state index contributed by atoms with van der Waals surface area (Å²) in [5.74, 6) is 0.0457. The fourth-order valence-corrected chi connectivity index (χ4v) is 2.14. The van der Waals surface area contributed by atoms with Crippen LogP contribution in [0.15, 0.2) is 24.3 Å². The molecule has 0 radical (unpaired) electrons. The smallest absolute Gasteiger partial charge is 0.398 e. The third-order valence-corrected chi connectivity index (χ3v) is 3.28. The number of hydrogen-bond donors (Lipinski definition) is 1. The van der Waals surface area contributed by atoms with Crippen molar-refractivity contribution >= 4 is 17.4 Å². The topological polar surface area (TPSA) is 29.3 Å². The van der Waals surface area contributed by atoms with E-state index >= 15 is 0 Å². The molecule has 102 valence electrons. The minimum Gasteiger partial charge on any atom is -0.398 e. The van der Waals surface area contributed by atoms with Gasteiger partial charge in [-0.2, -0.15) is 13.2 Å². The van der Waals surface area contributed by atoms with Crippen molar-refractivity contribution in [3.05, 3.63) is 29.8 Å². The van der Waals surface area contributed by atoms with Gasteiger partial charge in [0.05, 0.1) is 0 Å². The molecular weight excluding hydrogens is 261 g/mol. The molecule has 0 spiro atoms. The minimum atomic E-state index is -4.15. The number of nitrogen functional groups attached to an aromatic ring is 1. The van der Waals surface area contributed by atoms with Crippen LogP contribution in [-0.4, -0.2) is 29.3 Å². The highest BCUT2D eigenvalue weighted by molar-refractivity contribution is 8.00. The van der Waals surface area contributed by atoms with Gasteiger partial charge < -0.3 is 5.73 Å². The van der Waals surface area contributed by atoms with Crippen molar-refractivity contribution in [3.8, 4) is 0 Å². The van der Waals surface area contributed by atoms with Crippen LogP contribution < -0.4 is 5.73 Å². The van der Waals surface area contributed by atoms with Crippen LogP contribution in [0.5, 0.6) is 0 Å². The molecular formula is C12H17F3N2S. The first kappa shape index (κ1) is 15.2. The van der Waals surface area contributed by atoms with Crippen molar-refractivity contribution in [3.63, 3.8) is 0 Å². The number of benzene rings is 1.